The van der Waals surface area contributed by atoms with Gasteiger partial charge in [-0.25, -0.2) is 4.39 Å². The van der Waals surface area contributed by atoms with Crippen LogP contribution in [0.4, 0.5) is 4.39 Å². The highest BCUT2D eigenvalue weighted by atomic mass is 79.9. The smallest absolute Gasteiger partial charge is 0.252 e. The molecule has 3 nitrogen and oxygen atoms in total. The van der Waals surface area contributed by atoms with Gasteiger partial charge in [-0.2, -0.15) is 0 Å². The highest BCUT2D eigenvalue weighted by molar-refractivity contribution is 9.10. The van der Waals surface area contributed by atoms with Gasteiger partial charge in [0.25, 0.3) is 5.91 Å². The number of aliphatic hydroxyl groups excluding tert-OH is 1. The van der Waals surface area contributed by atoms with E-state index in [1.807, 2.05) is 13.8 Å². The fourth-order valence-corrected chi connectivity index (χ4v) is 2.22. The third-order valence-corrected chi connectivity index (χ3v) is 3.14. The topological polar surface area (TPSA) is 49.3 Å². The van der Waals surface area contributed by atoms with Gasteiger partial charge in [-0.15, -0.1) is 0 Å². The quantitative estimate of drug-likeness (QED) is 0.877. The molecule has 1 aromatic rings. The van der Waals surface area contributed by atoms with E-state index in [4.69, 9.17) is 0 Å². The van der Waals surface area contributed by atoms with Crippen LogP contribution in [-0.2, 0) is 0 Å². The first-order valence-electron chi connectivity index (χ1n) is 5.80. The summed E-state index contributed by atoms with van der Waals surface area (Å²) in [6, 6.07) is 3.61. The Kier molecular flexibility index (Phi) is 5.75. The molecule has 1 unspecified atom stereocenters. The summed E-state index contributed by atoms with van der Waals surface area (Å²) in [5.41, 5.74) is 0.360. The van der Waals surface area contributed by atoms with Crippen LogP contribution in [0.5, 0.6) is 0 Å². The van der Waals surface area contributed by atoms with Crippen molar-refractivity contribution >= 4 is 21.8 Å². The maximum absolute atomic E-state index is 12.9. The second-order valence-electron chi connectivity index (χ2n) is 4.61. The van der Waals surface area contributed by atoms with Gasteiger partial charge in [0.1, 0.15) is 5.82 Å². The maximum atomic E-state index is 12.9. The number of aliphatic hydroxyl groups is 1. The van der Waals surface area contributed by atoms with Crippen LogP contribution >= 0.6 is 15.9 Å². The van der Waals surface area contributed by atoms with E-state index in [9.17, 15) is 14.3 Å². The van der Waals surface area contributed by atoms with Crippen molar-refractivity contribution in [1.29, 1.82) is 0 Å². The molecule has 1 aromatic carbocycles. The molecule has 18 heavy (non-hydrogen) atoms. The molecule has 0 bridgehead atoms. The standard InChI is InChI=1S/C13H17BrFNO2/c1-8(2)5-10(7-17)16-13(18)11-4-3-9(15)6-12(11)14/h3-4,6,8,10,17H,5,7H2,1-2H3,(H,16,18). The molecule has 1 amide bonds. The van der Waals surface area contributed by atoms with Gasteiger partial charge in [-0.05, 0) is 46.5 Å². The third kappa shape index (κ3) is 4.38. The lowest BCUT2D eigenvalue weighted by atomic mass is 10.0. The first-order chi connectivity index (χ1) is 8.43. The largest absolute Gasteiger partial charge is 0.394 e. The fourth-order valence-electron chi connectivity index (χ4n) is 1.68. The number of amides is 1. The molecular weight excluding hydrogens is 301 g/mol. The lowest BCUT2D eigenvalue weighted by Gasteiger charge is -2.18. The zero-order valence-electron chi connectivity index (χ0n) is 10.4. The van der Waals surface area contributed by atoms with Gasteiger partial charge in [0, 0.05) is 4.47 Å². The van der Waals surface area contributed by atoms with Crippen LogP contribution < -0.4 is 5.32 Å². The van der Waals surface area contributed by atoms with Crippen LogP contribution in [0.15, 0.2) is 22.7 Å². The van der Waals surface area contributed by atoms with Crippen LogP contribution in [0.2, 0.25) is 0 Å². The first-order valence-corrected chi connectivity index (χ1v) is 6.60. The molecule has 0 heterocycles. The van der Waals surface area contributed by atoms with Gasteiger partial charge in [-0.3, -0.25) is 4.79 Å². The summed E-state index contributed by atoms with van der Waals surface area (Å²) in [5, 5.41) is 11.9. The Morgan fingerprint density at radius 2 is 2.17 bits per heavy atom. The number of nitrogens with one attached hydrogen (secondary N) is 1. The number of carbonyl (C=O) groups is 1. The van der Waals surface area contributed by atoms with Crippen LogP contribution in [0.1, 0.15) is 30.6 Å². The molecule has 5 heteroatoms. The predicted octanol–water partition coefficient (Wildman–Crippen LogP) is 2.73. The van der Waals surface area contributed by atoms with Crippen molar-refractivity contribution in [2.24, 2.45) is 5.92 Å². The van der Waals surface area contributed by atoms with Crippen LogP contribution in [-0.4, -0.2) is 23.7 Å². The molecule has 0 aliphatic rings. The molecule has 2 N–H and O–H groups in total. The maximum Gasteiger partial charge on any atom is 0.252 e. The van der Waals surface area contributed by atoms with E-state index < -0.39 is 5.82 Å². The minimum atomic E-state index is -0.403. The number of hydrogen-bond acceptors (Lipinski definition) is 2. The summed E-state index contributed by atoms with van der Waals surface area (Å²) in [6.07, 6.45) is 0.695. The lowest BCUT2D eigenvalue weighted by molar-refractivity contribution is 0.0907. The molecule has 0 saturated carbocycles. The Balaban J connectivity index is 2.74. The predicted molar refractivity (Wildman–Crippen MR) is 71.9 cm³/mol. The van der Waals surface area contributed by atoms with Crippen molar-refractivity contribution in [2.45, 2.75) is 26.3 Å². The number of halogens is 2. The Morgan fingerprint density at radius 3 is 2.67 bits per heavy atom. The van der Waals surface area contributed by atoms with Crippen molar-refractivity contribution in [1.82, 2.24) is 5.32 Å². The molecule has 0 aliphatic heterocycles. The van der Waals surface area contributed by atoms with E-state index in [0.717, 1.165) is 0 Å². The van der Waals surface area contributed by atoms with E-state index in [1.165, 1.54) is 18.2 Å². The highest BCUT2D eigenvalue weighted by Gasteiger charge is 2.16. The Hall–Kier alpha value is -0.940. The molecular formula is C13H17BrFNO2. The molecule has 0 fully saturated rings. The van der Waals surface area contributed by atoms with Gasteiger partial charge in [0.2, 0.25) is 0 Å². The third-order valence-electron chi connectivity index (χ3n) is 2.49. The van der Waals surface area contributed by atoms with E-state index in [2.05, 4.69) is 21.2 Å². The number of rotatable bonds is 5. The lowest BCUT2D eigenvalue weighted by Crippen LogP contribution is -2.38. The summed E-state index contributed by atoms with van der Waals surface area (Å²) in [7, 11) is 0. The van der Waals surface area contributed by atoms with Crippen LogP contribution in [0, 0.1) is 11.7 Å². The van der Waals surface area contributed by atoms with E-state index >= 15 is 0 Å². The Morgan fingerprint density at radius 1 is 1.50 bits per heavy atom. The Bertz CT molecular complexity index is 423. The second kappa shape index (κ2) is 6.85. The molecule has 0 aromatic heterocycles. The molecule has 1 atom stereocenters. The normalized spacial score (nSPS) is 12.6. The molecule has 0 saturated heterocycles. The SMILES string of the molecule is CC(C)CC(CO)NC(=O)c1ccc(F)cc1Br. The van der Waals surface area contributed by atoms with Crippen molar-refractivity contribution < 1.29 is 14.3 Å². The molecule has 0 aliphatic carbocycles. The second-order valence-corrected chi connectivity index (χ2v) is 5.46. The van der Waals surface area contributed by atoms with Crippen LogP contribution in [0.25, 0.3) is 0 Å². The Labute approximate surface area is 115 Å². The summed E-state index contributed by atoms with van der Waals surface area (Å²) >= 11 is 3.15. The van der Waals surface area contributed by atoms with Crippen molar-refractivity contribution in [3.05, 3.63) is 34.1 Å². The minimum absolute atomic E-state index is 0.108. The monoisotopic (exact) mass is 317 g/mol. The first kappa shape index (κ1) is 15.1. The fraction of sp³-hybridized carbons (Fsp3) is 0.462. The van der Waals surface area contributed by atoms with Crippen molar-refractivity contribution in [2.75, 3.05) is 6.61 Å². The van der Waals surface area contributed by atoms with Gasteiger partial charge >= 0.3 is 0 Å². The molecule has 100 valence electrons. The van der Waals surface area contributed by atoms with E-state index in [-0.39, 0.29) is 18.6 Å². The minimum Gasteiger partial charge on any atom is -0.394 e. The van der Waals surface area contributed by atoms with Gasteiger partial charge in [-0.1, -0.05) is 13.8 Å². The average molecular weight is 318 g/mol. The highest BCUT2D eigenvalue weighted by Crippen LogP contribution is 2.18. The van der Waals surface area contributed by atoms with Gasteiger partial charge in [0.15, 0.2) is 0 Å². The summed E-state index contributed by atoms with van der Waals surface area (Å²) in [6.45, 7) is 3.92. The number of hydrogen-bond donors (Lipinski definition) is 2. The summed E-state index contributed by atoms with van der Waals surface area (Å²) in [5.74, 6) is -0.347. The zero-order valence-corrected chi connectivity index (χ0v) is 12.0. The van der Waals surface area contributed by atoms with Crippen LogP contribution in [0.3, 0.4) is 0 Å². The number of benzene rings is 1. The number of carbonyl (C=O) groups excluding carboxylic acids is 1. The van der Waals surface area contributed by atoms with Gasteiger partial charge in [0.05, 0.1) is 18.2 Å². The summed E-state index contributed by atoms with van der Waals surface area (Å²) < 4.78 is 13.3. The van der Waals surface area contributed by atoms with Crippen molar-refractivity contribution in [3.63, 3.8) is 0 Å². The summed E-state index contributed by atoms with van der Waals surface area (Å²) in [4.78, 5) is 12.0. The van der Waals surface area contributed by atoms with E-state index in [1.54, 1.807) is 0 Å². The molecule has 0 radical (unpaired) electrons. The van der Waals surface area contributed by atoms with E-state index in [0.29, 0.717) is 22.4 Å². The van der Waals surface area contributed by atoms with Crippen molar-refractivity contribution in [3.8, 4) is 0 Å². The molecule has 1 rings (SSSR count). The van der Waals surface area contributed by atoms with Gasteiger partial charge < -0.3 is 10.4 Å². The molecule has 0 spiro atoms. The zero-order chi connectivity index (χ0) is 13.7. The average Bonchev–Trinajstić information content (AvgIpc) is 2.27.